The van der Waals surface area contributed by atoms with E-state index in [1.54, 1.807) is 14.0 Å². The van der Waals surface area contributed by atoms with E-state index in [1.165, 1.54) is 10.9 Å². The normalized spacial score (nSPS) is 14.2. The molecule has 8 heteroatoms. The smallest absolute Gasteiger partial charge is 0.260 e. The third-order valence-electron chi connectivity index (χ3n) is 2.16. The Hall–Kier alpha value is -1.12. The van der Waals surface area contributed by atoms with Crippen molar-refractivity contribution in [1.82, 2.24) is 19.2 Å². The first-order chi connectivity index (χ1) is 7.74. The van der Waals surface area contributed by atoms with Gasteiger partial charge in [0.25, 0.3) is 10.0 Å². The average molecular weight is 261 g/mol. The summed E-state index contributed by atoms with van der Waals surface area (Å²) < 4.78 is 28.1. The predicted molar refractivity (Wildman–Crippen MR) is 66.0 cm³/mol. The standard InChI is InChI=1S/C9H19N5O2S/c1-7(5-13(2)3)12-17(15,16)9-8(10)11-6-14(9)4/h6-7,12H,5,10H2,1-4H3. The van der Waals surface area contributed by atoms with Crippen LogP contribution in [0.5, 0.6) is 0 Å². The topological polar surface area (TPSA) is 93.2 Å². The fourth-order valence-electron chi connectivity index (χ4n) is 1.67. The van der Waals surface area contributed by atoms with E-state index < -0.39 is 10.0 Å². The lowest BCUT2D eigenvalue weighted by molar-refractivity contribution is 0.370. The number of hydrogen-bond donors (Lipinski definition) is 2. The molecule has 3 N–H and O–H groups in total. The van der Waals surface area contributed by atoms with Crippen LogP contribution in [0.15, 0.2) is 11.4 Å². The number of anilines is 1. The average Bonchev–Trinajstić information content (AvgIpc) is 2.43. The molecule has 1 heterocycles. The van der Waals surface area contributed by atoms with Gasteiger partial charge in [0.05, 0.1) is 6.33 Å². The van der Waals surface area contributed by atoms with Gasteiger partial charge < -0.3 is 15.2 Å². The summed E-state index contributed by atoms with van der Waals surface area (Å²) in [6.45, 7) is 2.40. The second-order valence-electron chi connectivity index (χ2n) is 4.33. The summed E-state index contributed by atoms with van der Waals surface area (Å²) in [6, 6.07) is -0.204. The van der Waals surface area contributed by atoms with Crippen molar-refractivity contribution in [2.75, 3.05) is 26.4 Å². The summed E-state index contributed by atoms with van der Waals surface area (Å²) in [5, 5.41) is 0.00288. The minimum Gasteiger partial charge on any atom is -0.381 e. The largest absolute Gasteiger partial charge is 0.381 e. The van der Waals surface area contributed by atoms with Crippen molar-refractivity contribution in [2.45, 2.75) is 18.0 Å². The summed E-state index contributed by atoms with van der Waals surface area (Å²) >= 11 is 0. The Morgan fingerprint density at radius 2 is 2.18 bits per heavy atom. The van der Waals surface area contributed by atoms with Gasteiger partial charge in [-0.1, -0.05) is 0 Å². The number of aryl methyl sites for hydroxylation is 1. The molecule has 0 aromatic carbocycles. The Balaban J connectivity index is 2.90. The SMILES string of the molecule is CC(CN(C)C)NS(=O)(=O)c1c(N)ncn1C. The fraction of sp³-hybridized carbons (Fsp3) is 0.667. The highest BCUT2D eigenvalue weighted by Crippen LogP contribution is 2.15. The number of likely N-dealkylation sites (N-methyl/N-ethyl adjacent to an activating group) is 1. The first kappa shape index (κ1) is 13.9. The lowest BCUT2D eigenvalue weighted by Gasteiger charge is -2.18. The van der Waals surface area contributed by atoms with Gasteiger partial charge in [-0.2, -0.15) is 0 Å². The number of rotatable bonds is 5. The first-order valence-corrected chi connectivity index (χ1v) is 6.66. The van der Waals surface area contributed by atoms with Gasteiger partial charge in [-0.3, -0.25) is 0 Å². The quantitative estimate of drug-likeness (QED) is 0.726. The second-order valence-corrected chi connectivity index (χ2v) is 5.96. The van der Waals surface area contributed by atoms with Crippen molar-refractivity contribution < 1.29 is 8.42 Å². The van der Waals surface area contributed by atoms with E-state index in [0.29, 0.717) is 6.54 Å². The van der Waals surface area contributed by atoms with Crippen molar-refractivity contribution in [3.8, 4) is 0 Å². The monoisotopic (exact) mass is 261 g/mol. The van der Waals surface area contributed by atoms with Crippen LogP contribution in [0.1, 0.15) is 6.92 Å². The van der Waals surface area contributed by atoms with Gasteiger partial charge in [0.15, 0.2) is 10.8 Å². The Kier molecular flexibility index (Phi) is 4.12. The molecule has 1 atom stereocenters. The summed E-state index contributed by atoms with van der Waals surface area (Å²) in [4.78, 5) is 5.66. The van der Waals surface area contributed by atoms with E-state index in [0.717, 1.165) is 0 Å². The molecule has 0 saturated carbocycles. The molecule has 7 nitrogen and oxygen atoms in total. The first-order valence-electron chi connectivity index (χ1n) is 5.18. The maximum atomic E-state index is 12.1. The molecule has 1 aromatic heterocycles. The van der Waals surface area contributed by atoms with Gasteiger partial charge in [0.2, 0.25) is 0 Å². The molecule has 1 aromatic rings. The fourth-order valence-corrected chi connectivity index (χ4v) is 3.14. The number of nitrogens with zero attached hydrogens (tertiary/aromatic N) is 3. The van der Waals surface area contributed by atoms with Crippen LogP contribution in [0.3, 0.4) is 0 Å². The molecule has 98 valence electrons. The number of hydrogen-bond acceptors (Lipinski definition) is 5. The van der Waals surface area contributed by atoms with Gasteiger partial charge in [0, 0.05) is 19.6 Å². The van der Waals surface area contributed by atoms with E-state index >= 15 is 0 Å². The molecule has 0 fully saturated rings. The number of imidazole rings is 1. The molecule has 17 heavy (non-hydrogen) atoms. The van der Waals surface area contributed by atoms with Crippen LogP contribution >= 0.6 is 0 Å². The molecular formula is C9H19N5O2S. The van der Waals surface area contributed by atoms with Gasteiger partial charge in [-0.25, -0.2) is 18.1 Å². The van der Waals surface area contributed by atoms with Crippen LogP contribution in [0.25, 0.3) is 0 Å². The molecule has 1 rings (SSSR count). The van der Waals surface area contributed by atoms with E-state index in [2.05, 4.69) is 9.71 Å². The van der Waals surface area contributed by atoms with Crippen molar-refractivity contribution in [1.29, 1.82) is 0 Å². The van der Waals surface area contributed by atoms with E-state index in [1.807, 2.05) is 19.0 Å². The van der Waals surface area contributed by atoms with Gasteiger partial charge >= 0.3 is 0 Å². The van der Waals surface area contributed by atoms with Gasteiger partial charge in [0.1, 0.15) is 0 Å². The van der Waals surface area contributed by atoms with E-state index in [9.17, 15) is 8.42 Å². The zero-order chi connectivity index (χ0) is 13.2. The summed E-state index contributed by atoms with van der Waals surface area (Å²) in [6.07, 6.45) is 1.38. The molecule has 0 saturated heterocycles. The molecule has 0 bridgehead atoms. The molecule has 0 aliphatic carbocycles. The lowest BCUT2D eigenvalue weighted by Crippen LogP contribution is -2.40. The Labute approximate surface area is 102 Å². The van der Waals surface area contributed by atoms with Gasteiger partial charge in [-0.05, 0) is 21.0 Å². The maximum Gasteiger partial charge on any atom is 0.260 e. The summed E-state index contributed by atoms with van der Waals surface area (Å²) in [7, 11) is 1.72. The second kappa shape index (κ2) is 5.03. The number of nitrogens with one attached hydrogen (secondary N) is 1. The molecule has 0 amide bonds. The maximum absolute atomic E-state index is 12.1. The van der Waals surface area contributed by atoms with Crippen LogP contribution in [-0.2, 0) is 17.1 Å². The zero-order valence-corrected chi connectivity index (χ0v) is 11.3. The number of nitrogen functional groups attached to an aromatic ring is 1. The molecule has 0 aliphatic heterocycles. The lowest BCUT2D eigenvalue weighted by atomic mass is 10.3. The van der Waals surface area contributed by atoms with Crippen LogP contribution < -0.4 is 10.5 Å². The van der Waals surface area contributed by atoms with Crippen molar-refractivity contribution in [3.63, 3.8) is 0 Å². The van der Waals surface area contributed by atoms with Crippen molar-refractivity contribution in [2.24, 2.45) is 7.05 Å². The Morgan fingerprint density at radius 3 is 2.59 bits per heavy atom. The third-order valence-corrected chi connectivity index (χ3v) is 3.88. The predicted octanol–water partition coefficient (Wildman–Crippen LogP) is -0.769. The molecular weight excluding hydrogens is 242 g/mol. The minimum atomic E-state index is -3.62. The van der Waals surface area contributed by atoms with E-state index in [-0.39, 0.29) is 16.9 Å². The third kappa shape index (κ3) is 3.42. The highest BCUT2D eigenvalue weighted by molar-refractivity contribution is 7.89. The van der Waals surface area contributed by atoms with Crippen LogP contribution in [-0.4, -0.2) is 49.6 Å². The Morgan fingerprint density at radius 1 is 1.59 bits per heavy atom. The van der Waals surface area contributed by atoms with Crippen LogP contribution in [0, 0.1) is 0 Å². The summed E-state index contributed by atoms with van der Waals surface area (Å²) in [5.41, 5.74) is 5.54. The molecule has 0 spiro atoms. The van der Waals surface area contributed by atoms with Gasteiger partial charge in [-0.15, -0.1) is 0 Å². The zero-order valence-electron chi connectivity index (χ0n) is 10.5. The van der Waals surface area contributed by atoms with Crippen molar-refractivity contribution >= 4 is 15.8 Å². The van der Waals surface area contributed by atoms with Crippen molar-refractivity contribution in [3.05, 3.63) is 6.33 Å². The number of nitrogens with two attached hydrogens (primary N) is 1. The molecule has 1 unspecified atom stereocenters. The molecule has 0 radical (unpaired) electrons. The molecule has 0 aliphatic rings. The van der Waals surface area contributed by atoms with Crippen LogP contribution in [0.2, 0.25) is 0 Å². The summed E-state index contributed by atoms with van der Waals surface area (Å²) in [5.74, 6) is 0.0112. The van der Waals surface area contributed by atoms with E-state index in [4.69, 9.17) is 5.73 Å². The minimum absolute atomic E-state index is 0.00288. The highest BCUT2D eigenvalue weighted by Gasteiger charge is 2.24. The van der Waals surface area contributed by atoms with Crippen LogP contribution in [0.4, 0.5) is 5.82 Å². The number of aromatic nitrogens is 2. The highest BCUT2D eigenvalue weighted by atomic mass is 32.2. The number of sulfonamides is 1. The Bertz CT molecular complexity index is 460.